The van der Waals surface area contributed by atoms with Gasteiger partial charge in [-0.15, -0.1) is 0 Å². The first-order valence-electron chi connectivity index (χ1n) is 12.1. The Morgan fingerprint density at radius 2 is 1.61 bits per heavy atom. The first kappa shape index (κ1) is 29.7. The molecule has 41 heavy (non-hydrogen) atoms. The van der Waals surface area contributed by atoms with E-state index in [1.165, 1.54) is 24.3 Å². The van der Waals surface area contributed by atoms with Crippen LogP contribution in [-0.4, -0.2) is 49.5 Å². The molecular weight excluding hydrogens is 578 g/mol. The minimum atomic E-state index is -5.14. The van der Waals surface area contributed by atoms with E-state index in [4.69, 9.17) is 15.6 Å². The number of rotatable bonds is 9. The molecule has 1 aliphatic carbocycles. The summed E-state index contributed by atoms with van der Waals surface area (Å²) in [5.74, 6) is -2.69. The standard InChI is InChI=1S/C26H25N3O10S2/c1-2-3-4-11-29-25(30)13-5-6-14(17(12-13)26(31)32)20-15-7-9-18(27)23(40(33,34)35)21(15)39-22-16(20)8-10-19(28)24(22)41(36,37)38/h5-10,12,27H,2-4,11,28H2,1H3,(H,29,30)(H,31,32)(H,33,34,35)(H,36,37,38). The van der Waals surface area contributed by atoms with Gasteiger partial charge in [0.25, 0.3) is 26.1 Å². The number of carboxylic acids is 1. The molecule has 2 aromatic rings. The minimum absolute atomic E-state index is 0.0202. The lowest BCUT2D eigenvalue weighted by Crippen LogP contribution is -2.24. The number of hydrogen-bond donors (Lipinski definition) is 6. The van der Waals surface area contributed by atoms with Crippen LogP contribution in [0.1, 0.15) is 46.9 Å². The van der Waals surface area contributed by atoms with Crippen molar-refractivity contribution in [1.82, 2.24) is 5.32 Å². The lowest BCUT2D eigenvalue weighted by Gasteiger charge is -2.20. The molecule has 15 heteroatoms. The maximum atomic E-state index is 12.7. The lowest BCUT2D eigenvalue weighted by atomic mass is 9.89. The molecule has 0 atom stereocenters. The second kappa shape index (κ2) is 10.9. The fourth-order valence-electron chi connectivity index (χ4n) is 4.56. The molecule has 0 saturated carbocycles. The van der Waals surface area contributed by atoms with Crippen LogP contribution in [0.4, 0.5) is 5.69 Å². The van der Waals surface area contributed by atoms with E-state index in [1.54, 1.807) is 0 Å². The van der Waals surface area contributed by atoms with Gasteiger partial charge in [0.2, 0.25) is 0 Å². The van der Waals surface area contributed by atoms with Gasteiger partial charge in [-0.25, -0.2) is 4.79 Å². The largest absolute Gasteiger partial charge is 0.478 e. The Balaban J connectivity index is 2.13. The number of carboxylic acid groups (broad SMARTS) is 1. The predicted molar refractivity (Wildman–Crippen MR) is 147 cm³/mol. The molecule has 1 amide bonds. The number of benzene rings is 3. The summed E-state index contributed by atoms with van der Waals surface area (Å²) >= 11 is 0. The average molecular weight is 604 g/mol. The van der Waals surface area contributed by atoms with Gasteiger partial charge in [-0.05, 0) is 48.4 Å². The SMILES string of the molecule is CCCCCNC(=O)c1ccc(-c2c3ccc(=N)c(S(=O)(=O)O)c-3oc3c(S(=O)(=O)O)c(N)ccc23)c(C(=O)O)c1. The van der Waals surface area contributed by atoms with Gasteiger partial charge in [-0.1, -0.05) is 25.8 Å². The maximum absolute atomic E-state index is 12.7. The third-order valence-corrected chi connectivity index (χ3v) is 8.22. The average Bonchev–Trinajstić information content (AvgIpc) is 2.87. The molecule has 1 heterocycles. The Hall–Kier alpha value is -4.31. The van der Waals surface area contributed by atoms with Crippen molar-refractivity contribution in [2.75, 3.05) is 12.3 Å². The van der Waals surface area contributed by atoms with E-state index in [9.17, 15) is 40.6 Å². The smallest absolute Gasteiger partial charge is 0.336 e. The highest BCUT2D eigenvalue weighted by Crippen LogP contribution is 2.45. The quantitative estimate of drug-likeness (QED) is 0.0701. The van der Waals surface area contributed by atoms with Crippen molar-refractivity contribution in [3.8, 4) is 22.5 Å². The topological polar surface area (TPSA) is 238 Å². The van der Waals surface area contributed by atoms with Gasteiger partial charge in [0.1, 0.15) is 0 Å². The molecule has 2 aliphatic rings. The van der Waals surface area contributed by atoms with Crippen LogP contribution in [0, 0.1) is 5.41 Å². The molecule has 13 nitrogen and oxygen atoms in total. The highest BCUT2D eigenvalue weighted by molar-refractivity contribution is 7.86. The number of nitrogens with one attached hydrogen (secondary N) is 2. The fraction of sp³-hybridized carbons (Fsp3) is 0.192. The van der Waals surface area contributed by atoms with Crippen LogP contribution >= 0.6 is 0 Å². The molecule has 4 rings (SSSR count). The van der Waals surface area contributed by atoms with E-state index >= 15 is 0 Å². The summed E-state index contributed by atoms with van der Waals surface area (Å²) in [5, 5.41) is 20.1. The molecule has 2 aromatic carbocycles. The Kier molecular flexibility index (Phi) is 7.91. The lowest BCUT2D eigenvalue weighted by molar-refractivity contribution is 0.0697. The van der Waals surface area contributed by atoms with Crippen molar-refractivity contribution in [3.63, 3.8) is 0 Å². The van der Waals surface area contributed by atoms with Gasteiger partial charge >= 0.3 is 5.97 Å². The third kappa shape index (κ3) is 5.65. The van der Waals surface area contributed by atoms with Gasteiger partial charge in [0.05, 0.1) is 16.6 Å². The van der Waals surface area contributed by atoms with Crippen LogP contribution in [-0.2, 0) is 20.2 Å². The monoisotopic (exact) mass is 603 g/mol. The summed E-state index contributed by atoms with van der Waals surface area (Å²) in [5.41, 5.74) is 4.00. The summed E-state index contributed by atoms with van der Waals surface area (Å²) < 4.78 is 74.6. The van der Waals surface area contributed by atoms with E-state index in [1.807, 2.05) is 6.92 Å². The van der Waals surface area contributed by atoms with Crippen molar-refractivity contribution in [3.05, 3.63) is 58.9 Å². The Bertz CT molecular complexity index is 1970. The number of amides is 1. The van der Waals surface area contributed by atoms with Gasteiger partial charge in [0.15, 0.2) is 21.1 Å². The van der Waals surface area contributed by atoms with Crippen LogP contribution < -0.4 is 16.4 Å². The first-order valence-corrected chi connectivity index (χ1v) is 15.0. The molecule has 216 valence electrons. The van der Waals surface area contributed by atoms with Crippen molar-refractivity contribution in [2.24, 2.45) is 0 Å². The molecule has 0 radical (unpaired) electrons. The van der Waals surface area contributed by atoms with E-state index < -0.39 is 69.9 Å². The molecule has 7 N–H and O–H groups in total. The Labute approximate surface area is 234 Å². The number of carbonyl (C=O) groups excluding carboxylic acids is 1. The molecule has 0 spiro atoms. The Morgan fingerprint density at radius 1 is 0.951 bits per heavy atom. The first-order chi connectivity index (χ1) is 19.2. The second-order valence-corrected chi connectivity index (χ2v) is 11.9. The van der Waals surface area contributed by atoms with E-state index in [0.29, 0.717) is 6.54 Å². The molecule has 0 aromatic heterocycles. The van der Waals surface area contributed by atoms with Gasteiger partial charge < -0.3 is 20.6 Å². The summed E-state index contributed by atoms with van der Waals surface area (Å²) in [6, 6.07) is 8.38. The molecule has 0 fully saturated rings. The zero-order valence-electron chi connectivity index (χ0n) is 21.5. The molecule has 1 aliphatic heterocycles. The van der Waals surface area contributed by atoms with Crippen LogP contribution in [0.3, 0.4) is 0 Å². The summed E-state index contributed by atoms with van der Waals surface area (Å²) in [6.45, 7) is 2.38. The van der Waals surface area contributed by atoms with Gasteiger partial charge in [-0.3, -0.25) is 19.3 Å². The van der Waals surface area contributed by atoms with Crippen LogP contribution in [0.15, 0.2) is 56.7 Å². The number of anilines is 1. The van der Waals surface area contributed by atoms with Crippen LogP contribution in [0.2, 0.25) is 0 Å². The number of nitrogen functional groups attached to an aromatic ring is 1. The number of nitrogens with two attached hydrogens (primary N) is 1. The van der Waals surface area contributed by atoms with Crippen molar-refractivity contribution < 1.29 is 45.1 Å². The number of hydrogen-bond acceptors (Lipinski definition) is 9. The van der Waals surface area contributed by atoms with E-state index in [0.717, 1.165) is 37.5 Å². The van der Waals surface area contributed by atoms with Crippen molar-refractivity contribution in [1.29, 1.82) is 5.41 Å². The van der Waals surface area contributed by atoms with E-state index in [2.05, 4.69) is 5.32 Å². The molecule has 0 saturated heterocycles. The Morgan fingerprint density at radius 3 is 2.22 bits per heavy atom. The maximum Gasteiger partial charge on any atom is 0.336 e. The highest BCUT2D eigenvalue weighted by atomic mass is 32.2. The highest BCUT2D eigenvalue weighted by Gasteiger charge is 2.31. The zero-order valence-corrected chi connectivity index (χ0v) is 23.1. The minimum Gasteiger partial charge on any atom is -0.478 e. The molecular formula is C26H25N3O10S2. The van der Waals surface area contributed by atoms with Gasteiger partial charge in [0, 0.05) is 28.6 Å². The molecule has 0 unspecified atom stereocenters. The van der Waals surface area contributed by atoms with Crippen LogP contribution in [0.5, 0.6) is 0 Å². The third-order valence-electron chi connectivity index (χ3n) is 6.36. The number of unbranched alkanes of at least 4 members (excludes halogenated alkanes) is 2. The molecule has 0 bridgehead atoms. The summed E-state index contributed by atoms with van der Waals surface area (Å²) in [6.07, 6.45) is 2.55. The summed E-state index contributed by atoms with van der Waals surface area (Å²) in [7, 11) is -10.2. The van der Waals surface area contributed by atoms with Gasteiger partial charge in [-0.2, -0.15) is 16.8 Å². The normalized spacial score (nSPS) is 12.1. The van der Waals surface area contributed by atoms with E-state index in [-0.39, 0.29) is 27.6 Å². The van der Waals surface area contributed by atoms with Crippen molar-refractivity contribution in [2.45, 2.75) is 36.0 Å². The number of carbonyl (C=O) groups is 2. The fourth-order valence-corrected chi connectivity index (χ4v) is 6.04. The van der Waals surface area contributed by atoms with Crippen LogP contribution in [0.25, 0.3) is 33.4 Å². The predicted octanol–water partition coefficient (Wildman–Crippen LogP) is 3.38. The van der Waals surface area contributed by atoms with Crippen molar-refractivity contribution >= 4 is 48.8 Å². The number of aromatic carboxylic acids is 1. The zero-order chi connectivity index (χ0) is 30.3. The number of fused-ring (bicyclic) bond motifs is 2. The second-order valence-electron chi connectivity index (χ2n) is 9.14. The summed E-state index contributed by atoms with van der Waals surface area (Å²) in [4.78, 5) is 23.2.